The molecule has 0 spiro atoms. The molecule has 10 nitrogen and oxygen atoms in total. The van der Waals surface area contributed by atoms with Crippen LogP contribution in [-0.2, 0) is 26.0 Å². The van der Waals surface area contributed by atoms with Crippen LogP contribution in [0.3, 0.4) is 0 Å². The number of rotatable bonds is 13. The number of hydrogen-bond donors (Lipinski definition) is 5. The molecule has 0 aliphatic carbocycles. The van der Waals surface area contributed by atoms with Crippen molar-refractivity contribution < 1.29 is 22.7 Å². The molecule has 11 heteroatoms. The Bertz CT molecular complexity index is 1120. The third kappa shape index (κ3) is 7.91. The molecular formula is C26H43N5O5S. The zero-order chi connectivity index (χ0) is 28.0. The van der Waals surface area contributed by atoms with Crippen LogP contribution in [0.4, 0.5) is 0 Å². The summed E-state index contributed by atoms with van der Waals surface area (Å²) in [6.07, 6.45) is 4.77. The number of amides is 1. The van der Waals surface area contributed by atoms with Gasteiger partial charge in [-0.05, 0) is 89.0 Å². The van der Waals surface area contributed by atoms with E-state index in [1.807, 2.05) is 27.7 Å². The lowest BCUT2D eigenvalue weighted by Crippen LogP contribution is -2.50. The minimum atomic E-state index is -4.11. The van der Waals surface area contributed by atoms with Crippen LogP contribution in [0.5, 0.6) is 5.75 Å². The van der Waals surface area contributed by atoms with E-state index in [0.29, 0.717) is 43.2 Å². The molecule has 6 N–H and O–H groups in total. The fraction of sp³-hybridized carbons (Fsp3) is 0.654. The average Bonchev–Trinajstić information content (AvgIpc) is 2.81. The third-order valence-corrected chi connectivity index (χ3v) is 8.64. The highest BCUT2D eigenvalue weighted by Gasteiger charge is 2.35. The quantitative estimate of drug-likeness (QED) is 0.112. The molecule has 0 aromatic heterocycles. The number of fused-ring (bicyclic) bond motifs is 1. The van der Waals surface area contributed by atoms with E-state index in [-0.39, 0.29) is 22.9 Å². The number of aldehydes is 1. The van der Waals surface area contributed by atoms with Crippen LogP contribution in [0.15, 0.2) is 4.90 Å². The Morgan fingerprint density at radius 1 is 1.16 bits per heavy atom. The van der Waals surface area contributed by atoms with Gasteiger partial charge >= 0.3 is 0 Å². The van der Waals surface area contributed by atoms with Crippen LogP contribution in [0.1, 0.15) is 81.5 Å². The van der Waals surface area contributed by atoms with E-state index in [4.69, 9.17) is 15.9 Å². The summed E-state index contributed by atoms with van der Waals surface area (Å²) in [5, 5.41) is 12.6. The second-order valence-corrected chi connectivity index (χ2v) is 12.1. The summed E-state index contributed by atoms with van der Waals surface area (Å²) in [5.74, 6) is -0.0300. The van der Waals surface area contributed by atoms with E-state index >= 15 is 0 Å². The highest BCUT2D eigenvalue weighted by atomic mass is 32.2. The first-order valence-corrected chi connectivity index (χ1v) is 14.4. The zero-order valence-corrected chi connectivity index (χ0v) is 23.7. The van der Waals surface area contributed by atoms with Gasteiger partial charge in [0, 0.05) is 6.54 Å². The number of ether oxygens (including phenoxy) is 1. The normalized spacial score (nSPS) is 16.2. The van der Waals surface area contributed by atoms with Crippen LogP contribution in [0.2, 0.25) is 0 Å². The summed E-state index contributed by atoms with van der Waals surface area (Å²) < 4.78 is 36.3. The summed E-state index contributed by atoms with van der Waals surface area (Å²) in [7, 11) is -4.11. The predicted octanol–water partition coefficient (Wildman–Crippen LogP) is 2.50. The molecule has 1 aromatic rings. The van der Waals surface area contributed by atoms with Gasteiger partial charge in [0.05, 0.1) is 10.9 Å². The number of nitrogens with one attached hydrogen (secondary N) is 4. The van der Waals surface area contributed by atoms with E-state index in [9.17, 15) is 18.0 Å². The van der Waals surface area contributed by atoms with Crippen molar-refractivity contribution in [3.63, 3.8) is 0 Å². The van der Waals surface area contributed by atoms with Gasteiger partial charge in [-0.1, -0.05) is 19.8 Å². The van der Waals surface area contributed by atoms with E-state index in [1.54, 1.807) is 13.8 Å². The van der Waals surface area contributed by atoms with Crippen molar-refractivity contribution in [2.75, 3.05) is 6.54 Å². The Morgan fingerprint density at radius 3 is 2.43 bits per heavy atom. The number of benzene rings is 1. The van der Waals surface area contributed by atoms with E-state index in [1.165, 1.54) is 0 Å². The van der Waals surface area contributed by atoms with Gasteiger partial charge < -0.3 is 25.9 Å². The molecule has 1 aromatic carbocycles. The van der Waals surface area contributed by atoms with Crippen molar-refractivity contribution in [3.05, 3.63) is 22.3 Å². The molecule has 0 radical (unpaired) electrons. The van der Waals surface area contributed by atoms with Gasteiger partial charge in [-0.3, -0.25) is 10.2 Å². The Labute approximate surface area is 221 Å². The number of nitrogens with two attached hydrogens (primary N) is 1. The Morgan fingerprint density at radius 2 is 1.84 bits per heavy atom. The number of carbonyl (C=O) groups excluding carboxylic acids is 2. The SMILES string of the molecule is CCCC[C@@H](C=O)NC(=O)[C@H](CCCNC(=N)N)NS(=O)(=O)c1c(C)c(C)c2c(c1C)CCC(C)(C)O2. The van der Waals surface area contributed by atoms with Crippen LogP contribution in [0, 0.1) is 26.2 Å². The maximum absolute atomic E-state index is 13.8. The lowest BCUT2D eigenvalue weighted by Gasteiger charge is -2.35. The van der Waals surface area contributed by atoms with Crippen LogP contribution < -0.4 is 25.8 Å². The Hall–Kier alpha value is -2.66. The number of carbonyl (C=O) groups is 2. The summed E-state index contributed by atoms with van der Waals surface area (Å²) in [6.45, 7) is 11.7. The summed E-state index contributed by atoms with van der Waals surface area (Å²) in [5.41, 5.74) is 7.82. The molecule has 1 amide bonds. The highest BCUT2D eigenvalue weighted by Crippen LogP contribution is 2.42. The van der Waals surface area contributed by atoms with Gasteiger partial charge in [0.25, 0.3) is 0 Å². The van der Waals surface area contributed by atoms with Gasteiger partial charge in [-0.15, -0.1) is 0 Å². The molecule has 0 unspecified atom stereocenters. The Balaban J connectivity index is 2.39. The second kappa shape index (κ2) is 12.7. The molecule has 1 heterocycles. The van der Waals surface area contributed by atoms with E-state index in [2.05, 4.69) is 15.4 Å². The number of sulfonamides is 1. The molecule has 0 saturated carbocycles. The van der Waals surface area contributed by atoms with Crippen molar-refractivity contribution in [3.8, 4) is 5.75 Å². The van der Waals surface area contributed by atoms with Gasteiger partial charge in [-0.25, -0.2) is 8.42 Å². The minimum Gasteiger partial charge on any atom is -0.487 e. The summed E-state index contributed by atoms with van der Waals surface area (Å²) >= 11 is 0. The molecule has 37 heavy (non-hydrogen) atoms. The first-order chi connectivity index (χ1) is 17.2. The summed E-state index contributed by atoms with van der Waals surface area (Å²) in [6, 6.07) is -1.79. The number of hydrogen-bond acceptors (Lipinski definition) is 6. The molecule has 1 aliphatic rings. The topological polar surface area (TPSA) is 163 Å². The first-order valence-electron chi connectivity index (χ1n) is 12.9. The van der Waals surface area contributed by atoms with Crippen LogP contribution in [-0.4, -0.2) is 50.8 Å². The van der Waals surface area contributed by atoms with Crippen molar-refractivity contribution in [2.24, 2.45) is 5.73 Å². The highest BCUT2D eigenvalue weighted by molar-refractivity contribution is 7.89. The van der Waals surface area contributed by atoms with E-state index < -0.39 is 28.0 Å². The standard InChI is InChI=1S/C26H43N5O5S/c1-7-8-10-19(15-32)30-24(33)21(11-9-14-29-25(27)28)31-37(34,35)23-17(3)16(2)22-20(18(23)4)12-13-26(5,6)36-22/h15,19,21,31H,7-14H2,1-6H3,(H,30,33)(H4,27,28,29)/t19-,21-/m0/s1. The van der Waals surface area contributed by atoms with Crippen LogP contribution >= 0.6 is 0 Å². The van der Waals surface area contributed by atoms with Gasteiger partial charge in [-0.2, -0.15) is 4.72 Å². The summed E-state index contributed by atoms with van der Waals surface area (Å²) in [4.78, 5) is 24.8. The molecule has 2 atom stereocenters. The lowest BCUT2D eigenvalue weighted by molar-refractivity contribution is -0.125. The molecule has 208 valence electrons. The average molecular weight is 538 g/mol. The molecule has 0 fully saturated rings. The monoisotopic (exact) mass is 537 g/mol. The molecule has 0 bridgehead atoms. The van der Waals surface area contributed by atoms with Gasteiger partial charge in [0.2, 0.25) is 15.9 Å². The molecule has 0 saturated heterocycles. The Kier molecular flexibility index (Phi) is 10.5. The van der Waals surface area contributed by atoms with Crippen molar-refractivity contribution in [1.29, 1.82) is 5.41 Å². The van der Waals surface area contributed by atoms with Crippen molar-refractivity contribution >= 4 is 28.2 Å². The smallest absolute Gasteiger partial charge is 0.241 e. The lowest BCUT2D eigenvalue weighted by atomic mass is 9.88. The molecule has 2 rings (SSSR count). The first kappa shape index (κ1) is 30.6. The van der Waals surface area contributed by atoms with Crippen molar-refractivity contribution in [2.45, 2.75) is 109 Å². The zero-order valence-electron chi connectivity index (χ0n) is 22.9. The third-order valence-electron chi connectivity index (χ3n) is 6.89. The van der Waals surface area contributed by atoms with Gasteiger partial charge in [0.1, 0.15) is 23.7 Å². The minimum absolute atomic E-state index is 0.157. The maximum atomic E-state index is 13.8. The molecular weight excluding hydrogens is 494 g/mol. The van der Waals surface area contributed by atoms with Crippen molar-refractivity contribution in [1.82, 2.24) is 15.4 Å². The second-order valence-electron chi connectivity index (χ2n) is 10.4. The van der Waals surface area contributed by atoms with Crippen LogP contribution in [0.25, 0.3) is 0 Å². The fourth-order valence-electron chi connectivity index (χ4n) is 4.65. The maximum Gasteiger partial charge on any atom is 0.241 e. The molecule has 1 aliphatic heterocycles. The number of unbranched alkanes of at least 4 members (excludes halogenated alkanes) is 1. The number of guanidine groups is 1. The largest absolute Gasteiger partial charge is 0.487 e. The fourth-order valence-corrected chi connectivity index (χ4v) is 6.45. The van der Waals surface area contributed by atoms with E-state index in [0.717, 1.165) is 36.1 Å². The van der Waals surface area contributed by atoms with Gasteiger partial charge in [0.15, 0.2) is 5.96 Å². The predicted molar refractivity (Wildman–Crippen MR) is 144 cm³/mol.